The topological polar surface area (TPSA) is 33.3 Å². The van der Waals surface area contributed by atoms with Crippen LogP contribution in [0.4, 0.5) is 0 Å². The van der Waals surface area contributed by atoms with E-state index in [9.17, 15) is 0 Å². The van der Waals surface area contributed by atoms with Gasteiger partial charge in [-0.25, -0.2) is 0 Å². The molecule has 3 nitrogen and oxygen atoms in total. The summed E-state index contributed by atoms with van der Waals surface area (Å²) >= 11 is 5.22. The molecule has 1 saturated heterocycles. The zero-order valence-corrected chi connectivity index (χ0v) is 10.0. The number of nitrogens with one attached hydrogen (secondary N) is 2. The highest BCUT2D eigenvalue weighted by molar-refractivity contribution is 7.80. The number of hydrogen-bond acceptors (Lipinski definition) is 2. The molecule has 0 aromatic rings. The summed E-state index contributed by atoms with van der Waals surface area (Å²) in [5.74, 6) is 0. The highest BCUT2D eigenvalue weighted by Crippen LogP contribution is 2.19. The van der Waals surface area contributed by atoms with Gasteiger partial charge < -0.3 is 15.4 Å². The molecule has 0 radical (unpaired) electrons. The smallest absolute Gasteiger partial charge is 0.166 e. The zero-order valence-electron chi connectivity index (χ0n) is 9.22. The minimum absolute atomic E-state index is 0.108. The van der Waals surface area contributed by atoms with Crippen LogP contribution in [0.15, 0.2) is 0 Å². The van der Waals surface area contributed by atoms with Crippen molar-refractivity contribution in [3.8, 4) is 0 Å². The first-order valence-corrected chi connectivity index (χ1v) is 5.59. The van der Waals surface area contributed by atoms with E-state index in [-0.39, 0.29) is 5.54 Å². The minimum atomic E-state index is 0.108. The maximum Gasteiger partial charge on any atom is 0.166 e. The molecular weight excluding hydrogens is 196 g/mol. The van der Waals surface area contributed by atoms with Crippen LogP contribution in [0.1, 0.15) is 33.6 Å². The lowest BCUT2D eigenvalue weighted by Gasteiger charge is -2.35. The maximum atomic E-state index is 5.32. The van der Waals surface area contributed by atoms with Crippen LogP contribution >= 0.6 is 12.2 Å². The van der Waals surface area contributed by atoms with Crippen molar-refractivity contribution in [2.45, 2.75) is 45.2 Å². The Hall–Kier alpha value is -0.350. The molecule has 0 atom stereocenters. The van der Waals surface area contributed by atoms with Gasteiger partial charge in [0.15, 0.2) is 5.11 Å². The molecule has 1 fully saturated rings. The molecule has 0 unspecified atom stereocenters. The lowest BCUT2D eigenvalue weighted by atomic mass is 9.93. The van der Waals surface area contributed by atoms with E-state index in [0.29, 0.717) is 6.04 Å². The van der Waals surface area contributed by atoms with E-state index >= 15 is 0 Å². The Balaban J connectivity index is 2.37. The Labute approximate surface area is 91.6 Å². The van der Waals surface area contributed by atoms with Crippen molar-refractivity contribution in [3.05, 3.63) is 0 Å². The molecule has 0 aromatic heterocycles. The van der Waals surface area contributed by atoms with E-state index in [1.807, 2.05) is 0 Å². The Morgan fingerprint density at radius 3 is 2.43 bits per heavy atom. The van der Waals surface area contributed by atoms with Gasteiger partial charge >= 0.3 is 0 Å². The van der Waals surface area contributed by atoms with Crippen molar-refractivity contribution in [1.29, 1.82) is 0 Å². The van der Waals surface area contributed by atoms with Crippen molar-refractivity contribution in [1.82, 2.24) is 10.6 Å². The molecule has 1 heterocycles. The molecular formula is C10H20N2OS. The second kappa shape index (κ2) is 4.94. The Morgan fingerprint density at radius 2 is 1.93 bits per heavy atom. The van der Waals surface area contributed by atoms with E-state index in [1.54, 1.807) is 0 Å². The van der Waals surface area contributed by atoms with E-state index in [2.05, 4.69) is 31.4 Å². The number of thiocarbonyl (C=S) groups is 1. The van der Waals surface area contributed by atoms with Crippen LogP contribution in [0.2, 0.25) is 0 Å². The predicted octanol–water partition coefficient (Wildman–Crippen LogP) is 1.43. The number of ether oxygens (including phenoxy) is 1. The van der Waals surface area contributed by atoms with Crippen LogP contribution in [0, 0.1) is 0 Å². The monoisotopic (exact) mass is 216 g/mol. The summed E-state index contributed by atoms with van der Waals surface area (Å²) in [6.45, 7) is 8.02. The van der Waals surface area contributed by atoms with Crippen LogP contribution in [-0.2, 0) is 4.74 Å². The normalized spacial score (nSPS) is 20.6. The van der Waals surface area contributed by atoms with Crippen molar-refractivity contribution in [2.24, 2.45) is 0 Å². The summed E-state index contributed by atoms with van der Waals surface area (Å²) in [7, 11) is 0. The first-order valence-electron chi connectivity index (χ1n) is 5.18. The van der Waals surface area contributed by atoms with Crippen LogP contribution in [0.3, 0.4) is 0 Å². The molecule has 0 aliphatic carbocycles. The summed E-state index contributed by atoms with van der Waals surface area (Å²) in [5.41, 5.74) is 0.108. The van der Waals surface area contributed by atoms with Crippen molar-refractivity contribution in [3.63, 3.8) is 0 Å². The van der Waals surface area contributed by atoms with Gasteiger partial charge in [-0.05, 0) is 45.8 Å². The average molecular weight is 216 g/mol. The Bertz CT molecular complexity index is 200. The van der Waals surface area contributed by atoms with E-state index in [1.165, 1.54) is 0 Å². The van der Waals surface area contributed by atoms with Crippen LogP contribution in [0.5, 0.6) is 0 Å². The van der Waals surface area contributed by atoms with Gasteiger partial charge in [0, 0.05) is 24.8 Å². The Kier molecular flexibility index (Phi) is 4.13. The Morgan fingerprint density at radius 1 is 1.36 bits per heavy atom. The van der Waals surface area contributed by atoms with Gasteiger partial charge in [0.25, 0.3) is 0 Å². The molecule has 0 spiro atoms. The standard InChI is InChI=1S/C10H20N2OS/c1-8(2)11-9(14)12-10(3)4-6-13-7-5-10/h8H,4-7H2,1-3H3,(H2,11,12,14). The maximum absolute atomic E-state index is 5.32. The first kappa shape index (κ1) is 11.7. The SMILES string of the molecule is CC(C)NC(=S)NC1(C)CCOCC1. The molecule has 0 saturated carbocycles. The predicted molar refractivity (Wildman–Crippen MR) is 62.5 cm³/mol. The molecule has 1 aliphatic heterocycles. The molecule has 1 rings (SSSR count). The fraction of sp³-hybridized carbons (Fsp3) is 0.900. The van der Waals surface area contributed by atoms with Gasteiger partial charge in [-0.15, -0.1) is 0 Å². The third kappa shape index (κ3) is 3.80. The molecule has 0 aromatic carbocycles. The fourth-order valence-electron chi connectivity index (χ4n) is 1.52. The van der Waals surface area contributed by atoms with Crippen LogP contribution < -0.4 is 10.6 Å². The lowest BCUT2D eigenvalue weighted by Crippen LogP contribution is -2.53. The summed E-state index contributed by atoms with van der Waals surface area (Å²) in [4.78, 5) is 0. The molecule has 82 valence electrons. The summed E-state index contributed by atoms with van der Waals surface area (Å²) in [5, 5.41) is 7.32. The molecule has 2 N–H and O–H groups in total. The van der Waals surface area contributed by atoms with Gasteiger partial charge in [-0.3, -0.25) is 0 Å². The molecule has 1 aliphatic rings. The lowest BCUT2D eigenvalue weighted by molar-refractivity contribution is 0.0523. The number of hydrogen-bond donors (Lipinski definition) is 2. The first-order chi connectivity index (χ1) is 6.52. The van der Waals surface area contributed by atoms with Crippen molar-refractivity contribution in [2.75, 3.05) is 13.2 Å². The second-order valence-electron chi connectivity index (χ2n) is 4.43. The fourth-order valence-corrected chi connectivity index (χ4v) is 2.00. The molecule has 4 heteroatoms. The average Bonchev–Trinajstić information content (AvgIpc) is 2.02. The van der Waals surface area contributed by atoms with E-state index < -0.39 is 0 Å². The van der Waals surface area contributed by atoms with E-state index in [0.717, 1.165) is 31.2 Å². The summed E-state index contributed by atoms with van der Waals surface area (Å²) in [6, 6.07) is 0.387. The van der Waals surface area contributed by atoms with Crippen molar-refractivity contribution < 1.29 is 4.74 Å². The van der Waals surface area contributed by atoms with Gasteiger partial charge in [0.05, 0.1) is 0 Å². The number of rotatable bonds is 2. The van der Waals surface area contributed by atoms with Gasteiger partial charge in [0.2, 0.25) is 0 Å². The van der Waals surface area contributed by atoms with Gasteiger partial charge in [-0.1, -0.05) is 0 Å². The quantitative estimate of drug-likeness (QED) is 0.684. The van der Waals surface area contributed by atoms with Gasteiger partial charge in [-0.2, -0.15) is 0 Å². The van der Waals surface area contributed by atoms with Crippen LogP contribution in [0.25, 0.3) is 0 Å². The summed E-state index contributed by atoms with van der Waals surface area (Å²) < 4.78 is 5.32. The molecule has 0 amide bonds. The third-order valence-corrected chi connectivity index (χ3v) is 2.65. The highest BCUT2D eigenvalue weighted by atomic mass is 32.1. The van der Waals surface area contributed by atoms with Crippen molar-refractivity contribution >= 4 is 17.3 Å². The summed E-state index contributed by atoms with van der Waals surface area (Å²) in [6.07, 6.45) is 2.04. The third-order valence-electron chi connectivity index (χ3n) is 2.43. The highest BCUT2D eigenvalue weighted by Gasteiger charge is 2.27. The van der Waals surface area contributed by atoms with Gasteiger partial charge in [0.1, 0.15) is 0 Å². The van der Waals surface area contributed by atoms with Crippen LogP contribution in [-0.4, -0.2) is 29.9 Å². The zero-order chi connectivity index (χ0) is 10.6. The molecule has 0 bridgehead atoms. The minimum Gasteiger partial charge on any atom is -0.381 e. The second-order valence-corrected chi connectivity index (χ2v) is 4.83. The largest absolute Gasteiger partial charge is 0.381 e. The molecule has 14 heavy (non-hydrogen) atoms. The van der Waals surface area contributed by atoms with E-state index in [4.69, 9.17) is 17.0 Å².